The van der Waals surface area contributed by atoms with E-state index in [2.05, 4.69) is 15.2 Å². The normalized spacial score (nSPS) is 15.7. The fourth-order valence-corrected chi connectivity index (χ4v) is 3.21. The van der Waals surface area contributed by atoms with E-state index in [1.54, 1.807) is 19.4 Å². The first-order valence-electron chi connectivity index (χ1n) is 8.27. The third-order valence-electron chi connectivity index (χ3n) is 4.48. The number of nitrogens with zero attached hydrogens (tertiary/aromatic N) is 5. The molecule has 7 heteroatoms. The molecule has 0 aliphatic heterocycles. The maximum Gasteiger partial charge on any atom is 0.266 e. The van der Waals surface area contributed by atoms with Gasteiger partial charge in [0.2, 0.25) is 5.82 Å². The fourth-order valence-electron chi connectivity index (χ4n) is 3.21. The summed E-state index contributed by atoms with van der Waals surface area (Å²) in [6, 6.07) is 7.19. The Hall–Kier alpha value is -2.70. The first-order chi connectivity index (χ1) is 11.7. The number of hydrogen-bond acceptors (Lipinski definition) is 5. The molecule has 3 heterocycles. The molecule has 0 bridgehead atoms. The average Bonchev–Trinajstić information content (AvgIpc) is 3.27. The second-order valence-electron chi connectivity index (χ2n) is 6.15. The van der Waals surface area contributed by atoms with Crippen molar-refractivity contribution >= 4 is 0 Å². The van der Waals surface area contributed by atoms with Crippen molar-refractivity contribution < 1.29 is 4.42 Å². The van der Waals surface area contributed by atoms with Gasteiger partial charge in [-0.1, -0.05) is 19.3 Å². The van der Waals surface area contributed by atoms with Crippen LogP contribution in [-0.4, -0.2) is 24.5 Å². The first kappa shape index (κ1) is 14.9. The van der Waals surface area contributed by atoms with Crippen molar-refractivity contribution in [2.45, 2.75) is 38.1 Å². The number of aromatic nitrogens is 5. The van der Waals surface area contributed by atoms with Crippen molar-refractivity contribution in [3.63, 3.8) is 0 Å². The number of rotatable bonds is 3. The van der Waals surface area contributed by atoms with Crippen molar-refractivity contribution in [3.8, 4) is 23.1 Å². The van der Waals surface area contributed by atoms with Gasteiger partial charge in [-0.05, 0) is 31.0 Å². The summed E-state index contributed by atoms with van der Waals surface area (Å²) in [6.45, 7) is 0. The highest BCUT2D eigenvalue weighted by molar-refractivity contribution is 5.55. The minimum absolute atomic E-state index is 0.145. The van der Waals surface area contributed by atoms with E-state index in [1.165, 1.54) is 30.0 Å². The molecule has 0 saturated heterocycles. The zero-order valence-electron chi connectivity index (χ0n) is 13.6. The molecule has 0 N–H and O–H groups in total. The molecule has 4 rings (SSSR count). The lowest BCUT2D eigenvalue weighted by atomic mass is 9.95. The third-order valence-corrected chi connectivity index (χ3v) is 4.48. The minimum atomic E-state index is -0.145. The van der Waals surface area contributed by atoms with Crippen LogP contribution >= 0.6 is 0 Å². The summed E-state index contributed by atoms with van der Waals surface area (Å²) in [5, 5.41) is 9.03. The standard InChI is InChI=1S/C17H19N5O2/c1-21-15(23)10-9-13(19-21)17-18-16(14-8-5-11-24-14)20-22(17)12-6-3-2-4-7-12/h5,8-12H,2-4,6-7H2,1H3. The van der Waals surface area contributed by atoms with Gasteiger partial charge in [0, 0.05) is 13.1 Å². The molecule has 24 heavy (non-hydrogen) atoms. The van der Waals surface area contributed by atoms with Crippen LogP contribution in [-0.2, 0) is 7.05 Å². The molecular weight excluding hydrogens is 306 g/mol. The number of aryl methyl sites for hydroxylation is 1. The summed E-state index contributed by atoms with van der Waals surface area (Å²) in [5.74, 6) is 1.87. The van der Waals surface area contributed by atoms with E-state index in [1.807, 2.05) is 16.8 Å². The Morgan fingerprint density at radius 3 is 2.67 bits per heavy atom. The van der Waals surface area contributed by atoms with Gasteiger partial charge in [0.05, 0.1) is 12.3 Å². The molecule has 3 aromatic rings. The summed E-state index contributed by atoms with van der Waals surface area (Å²) >= 11 is 0. The lowest BCUT2D eigenvalue weighted by Gasteiger charge is -2.22. The van der Waals surface area contributed by atoms with Gasteiger partial charge in [-0.25, -0.2) is 14.3 Å². The van der Waals surface area contributed by atoms with Gasteiger partial charge in [0.15, 0.2) is 11.6 Å². The third kappa shape index (κ3) is 2.66. The van der Waals surface area contributed by atoms with Crippen LogP contribution in [0.25, 0.3) is 23.1 Å². The summed E-state index contributed by atoms with van der Waals surface area (Å²) in [7, 11) is 1.64. The predicted molar refractivity (Wildman–Crippen MR) is 88.3 cm³/mol. The van der Waals surface area contributed by atoms with Gasteiger partial charge in [-0.3, -0.25) is 4.79 Å². The first-order valence-corrected chi connectivity index (χ1v) is 8.27. The van der Waals surface area contributed by atoms with E-state index < -0.39 is 0 Å². The van der Waals surface area contributed by atoms with E-state index in [0.717, 1.165) is 12.8 Å². The van der Waals surface area contributed by atoms with E-state index in [0.29, 0.717) is 29.1 Å². The number of hydrogen-bond donors (Lipinski definition) is 0. The van der Waals surface area contributed by atoms with Gasteiger partial charge in [-0.2, -0.15) is 5.10 Å². The molecule has 0 radical (unpaired) electrons. The Morgan fingerprint density at radius 1 is 1.12 bits per heavy atom. The second-order valence-corrected chi connectivity index (χ2v) is 6.15. The van der Waals surface area contributed by atoms with Crippen LogP contribution in [0, 0.1) is 0 Å². The average molecular weight is 325 g/mol. The molecular formula is C17H19N5O2. The molecule has 1 aliphatic rings. The highest BCUT2D eigenvalue weighted by Crippen LogP contribution is 2.32. The lowest BCUT2D eigenvalue weighted by molar-refractivity contribution is 0.331. The highest BCUT2D eigenvalue weighted by Gasteiger charge is 2.24. The molecule has 0 aromatic carbocycles. The zero-order valence-corrected chi connectivity index (χ0v) is 13.6. The lowest BCUT2D eigenvalue weighted by Crippen LogP contribution is -2.20. The van der Waals surface area contributed by atoms with Crippen LogP contribution in [0.1, 0.15) is 38.1 Å². The molecule has 0 spiro atoms. The van der Waals surface area contributed by atoms with Crippen molar-refractivity contribution in [2.24, 2.45) is 7.05 Å². The van der Waals surface area contributed by atoms with Crippen LogP contribution in [0.5, 0.6) is 0 Å². The Kier molecular flexibility index (Phi) is 3.76. The van der Waals surface area contributed by atoms with Gasteiger partial charge in [0.25, 0.3) is 5.56 Å². The van der Waals surface area contributed by atoms with Crippen LogP contribution in [0.3, 0.4) is 0 Å². The maximum absolute atomic E-state index is 11.6. The Balaban J connectivity index is 1.83. The maximum atomic E-state index is 11.6. The van der Waals surface area contributed by atoms with Crippen molar-refractivity contribution in [1.29, 1.82) is 0 Å². The quantitative estimate of drug-likeness (QED) is 0.740. The van der Waals surface area contributed by atoms with Crippen LogP contribution < -0.4 is 5.56 Å². The Labute approximate surface area is 138 Å². The highest BCUT2D eigenvalue weighted by atomic mass is 16.3. The predicted octanol–water partition coefficient (Wildman–Crippen LogP) is 2.80. The van der Waals surface area contributed by atoms with Crippen molar-refractivity contribution in [1.82, 2.24) is 24.5 Å². The molecule has 1 aliphatic carbocycles. The summed E-state index contributed by atoms with van der Waals surface area (Å²) < 4.78 is 8.72. The molecule has 3 aromatic heterocycles. The minimum Gasteiger partial charge on any atom is -0.461 e. The molecule has 7 nitrogen and oxygen atoms in total. The van der Waals surface area contributed by atoms with E-state index in [-0.39, 0.29) is 5.56 Å². The fraction of sp³-hybridized carbons (Fsp3) is 0.412. The SMILES string of the molecule is Cn1nc(-c2nc(-c3ccco3)nn2C2CCCCC2)ccc1=O. The second kappa shape index (κ2) is 6.07. The summed E-state index contributed by atoms with van der Waals surface area (Å²) in [5.41, 5.74) is 0.502. The molecule has 0 unspecified atom stereocenters. The summed E-state index contributed by atoms with van der Waals surface area (Å²) in [4.78, 5) is 16.3. The largest absolute Gasteiger partial charge is 0.461 e. The molecule has 0 atom stereocenters. The number of furan rings is 1. The molecule has 1 fully saturated rings. The van der Waals surface area contributed by atoms with Gasteiger partial charge >= 0.3 is 0 Å². The molecule has 1 saturated carbocycles. The smallest absolute Gasteiger partial charge is 0.266 e. The molecule has 0 amide bonds. The van der Waals surface area contributed by atoms with E-state index >= 15 is 0 Å². The van der Waals surface area contributed by atoms with Crippen molar-refractivity contribution in [3.05, 3.63) is 40.9 Å². The topological polar surface area (TPSA) is 78.7 Å². The zero-order chi connectivity index (χ0) is 16.5. The molecule has 124 valence electrons. The van der Waals surface area contributed by atoms with Gasteiger partial charge in [0.1, 0.15) is 5.69 Å². The van der Waals surface area contributed by atoms with Crippen LogP contribution in [0.4, 0.5) is 0 Å². The van der Waals surface area contributed by atoms with Gasteiger partial charge < -0.3 is 4.42 Å². The van der Waals surface area contributed by atoms with Crippen LogP contribution in [0.15, 0.2) is 39.7 Å². The van der Waals surface area contributed by atoms with Crippen LogP contribution in [0.2, 0.25) is 0 Å². The van der Waals surface area contributed by atoms with Crippen molar-refractivity contribution in [2.75, 3.05) is 0 Å². The monoisotopic (exact) mass is 325 g/mol. The van der Waals surface area contributed by atoms with E-state index in [4.69, 9.17) is 4.42 Å². The van der Waals surface area contributed by atoms with Gasteiger partial charge in [-0.15, -0.1) is 5.10 Å². The summed E-state index contributed by atoms with van der Waals surface area (Å²) in [6.07, 6.45) is 7.44. The Morgan fingerprint density at radius 2 is 1.96 bits per heavy atom. The van der Waals surface area contributed by atoms with E-state index in [9.17, 15) is 4.79 Å². The Bertz CT molecular complexity index is 888.